The summed E-state index contributed by atoms with van der Waals surface area (Å²) in [7, 11) is -0.362. The van der Waals surface area contributed by atoms with Crippen LogP contribution in [0.1, 0.15) is 63.4 Å². The van der Waals surface area contributed by atoms with Crippen LogP contribution in [0.4, 0.5) is 8.78 Å². The Hall–Kier alpha value is -1.48. The maximum absolute atomic E-state index is 13.5. The normalized spacial score (nSPS) is 27.7. The van der Waals surface area contributed by atoms with Gasteiger partial charge in [0.2, 0.25) is 0 Å². The molecule has 0 bridgehead atoms. The van der Waals surface area contributed by atoms with E-state index in [0.29, 0.717) is 5.92 Å². The van der Waals surface area contributed by atoms with E-state index in [1.807, 2.05) is 0 Å². The van der Waals surface area contributed by atoms with Gasteiger partial charge in [-0.25, -0.2) is 8.78 Å². The molecular weight excluding hydrogens is 378 g/mol. The quantitative estimate of drug-likeness (QED) is 0.437. The molecule has 0 N–H and O–H groups in total. The molecule has 0 unspecified atom stereocenters. The van der Waals surface area contributed by atoms with Crippen LogP contribution in [0.15, 0.2) is 42.5 Å². The fraction of sp³-hybridized carbons (Fsp3) is 0.538. The van der Waals surface area contributed by atoms with Crippen LogP contribution in [-0.4, -0.2) is 8.80 Å². The van der Waals surface area contributed by atoms with Crippen molar-refractivity contribution in [3.05, 3.63) is 59.7 Å². The van der Waals surface area contributed by atoms with Gasteiger partial charge in [0, 0.05) is 8.80 Å². The van der Waals surface area contributed by atoms with Crippen molar-refractivity contribution < 1.29 is 8.78 Å². The Bertz CT molecular complexity index is 785. The average molecular weight is 413 g/mol. The summed E-state index contributed by atoms with van der Waals surface area (Å²) in [6.45, 7) is 2.35. The summed E-state index contributed by atoms with van der Waals surface area (Å²) < 4.78 is 26.7. The SMILES string of the molecule is CCC[SiH]1CCC(C2CCC(c3ccc(-c4ccc(F)c(F)c4)cc3)CC2)CC1. The van der Waals surface area contributed by atoms with Crippen LogP contribution in [-0.2, 0) is 0 Å². The Labute approximate surface area is 176 Å². The van der Waals surface area contributed by atoms with Gasteiger partial charge in [-0.1, -0.05) is 74.7 Å². The molecule has 3 heteroatoms. The molecule has 1 saturated heterocycles. The predicted octanol–water partition coefficient (Wildman–Crippen LogP) is 7.95. The zero-order chi connectivity index (χ0) is 20.2. The van der Waals surface area contributed by atoms with Crippen LogP contribution < -0.4 is 0 Å². The lowest BCUT2D eigenvalue weighted by Crippen LogP contribution is -2.28. The van der Waals surface area contributed by atoms with Crippen LogP contribution >= 0.6 is 0 Å². The highest BCUT2D eigenvalue weighted by Crippen LogP contribution is 2.43. The fourth-order valence-electron chi connectivity index (χ4n) is 5.90. The van der Waals surface area contributed by atoms with Crippen LogP contribution in [0, 0.1) is 23.5 Å². The zero-order valence-corrected chi connectivity index (χ0v) is 18.8. The van der Waals surface area contributed by atoms with Gasteiger partial charge in [-0.05, 0) is 72.3 Å². The molecule has 2 aromatic carbocycles. The first-order valence-corrected chi connectivity index (χ1v) is 14.1. The molecule has 2 fully saturated rings. The molecule has 156 valence electrons. The lowest BCUT2D eigenvalue weighted by atomic mass is 9.72. The Kier molecular flexibility index (Phi) is 6.84. The Balaban J connectivity index is 1.31. The Morgan fingerprint density at radius 1 is 0.759 bits per heavy atom. The molecule has 2 aliphatic rings. The largest absolute Gasteiger partial charge is 0.204 e. The van der Waals surface area contributed by atoms with E-state index in [1.165, 1.54) is 62.6 Å². The van der Waals surface area contributed by atoms with Crippen molar-refractivity contribution >= 4 is 8.80 Å². The summed E-state index contributed by atoms with van der Waals surface area (Å²) >= 11 is 0. The molecule has 0 nitrogen and oxygen atoms in total. The summed E-state index contributed by atoms with van der Waals surface area (Å²) in [6.07, 6.45) is 9.84. The van der Waals surface area contributed by atoms with Crippen LogP contribution in [0.2, 0.25) is 18.1 Å². The first kappa shape index (κ1) is 20.8. The van der Waals surface area contributed by atoms with E-state index in [4.69, 9.17) is 0 Å². The fourth-order valence-corrected chi connectivity index (χ4v) is 9.39. The van der Waals surface area contributed by atoms with Gasteiger partial charge in [0.05, 0.1) is 0 Å². The molecule has 4 rings (SSSR count). The van der Waals surface area contributed by atoms with Crippen molar-refractivity contribution in [2.45, 2.75) is 75.9 Å². The van der Waals surface area contributed by atoms with Gasteiger partial charge < -0.3 is 0 Å². The molecule has 1 aliphatic carbocycles. The highest BCUT2D eigenvalue weighted by atomic mass is 28.3. The van der Waals surface area contributed by atoms with E-state index >= 15 is 0 Å². The van der Waals surface area contributed by atoms with Gasteiger partial charge in [0.1, 0.15) is 0 Å². The molecule has 1 aliphatic heterocycles. The molecule has 29 heavy (non-hydrogen) atoms. The number of benzene rings is 2. The lowest BCUT2D eigenvalue weighted by Gasteiger charge is -2.37. The summed E-state index contributed by atoms with van der Waals surface area (Å²) in [5, 5.41) is 0. The lowest BCUT2D eigenvalue weighted by molar-refractivity contribution is 0.216. The first-order valence-electron chi connectivity index (χ1n) is 11.7. The highest BCUT2D eigenvalue weighted by molar-refractivity contribution is 6.58. The van der Waals surface area contributed by atoms with Crippen molar-refractivity contribution in [2.24, 2.45) is 11.8 Å². The van der Waals surface area contributed by atoms with Crippen LogP contribution in [0.3, 0.4) is 0 Å². The Morgan fingerprint density at radius 3 is 2.00 bits per heavy atom. The summed E-state index contributed by atoms with van der Waals surface area (Å²) in [5.74, 6) is 1.06. The molecule has 0 spiro atoms. The van der Waals surface area contributed by atoms with E-state index in [-0.39, 0.29) is 8.80 Å². The summed E-state index contributed by atoms with van der Waals surface area (Å²) in [4.78, 5) is 0. The van der Waals surface area contributed by atoms with E-state index in [1.54, 1.807) is 24.2 Å². The second kappa shape index (κ2) is 9.55. The topological polar surface area (TPSA) is 0 Å². The summed E-state index contributed by atoms with van der Waals surface area (Å²) in [6, 6.07) is 17.4. The van der Waals surface area contributed by atoms with Crippen molar-refractivity contribution in [1.29, 1.82) is 0 Å². The average Bonchev–Trinajstić information content (AvgIpc) is 2.77. The molecule has 0 atom stereocenters. The molecular formula is C26H34F2Si. The monoisotopic (exact) mass is 412 g/mol. The van der Waals surface area contributed by atoms with Crippen molar-refractivity contribution in [3.63, 3.8) is 0 Å². The van der Waals surface area contributed by atoms with Gasteiger partial charge >= 0.3 is 0 Å². The minimum absolute atomic E-state index is 0.362. The smallest absolute Gasteiger partial charge is 0.159 e. The number of hydrogen-bond acceptors (Lipinski definition) is 0. The molecule has 2 aromatic rings. The minimum Gasteiger partial charge on any atom is -0.204 e. The van der Waals surface area contributed by atoms with E-state index in [0.717, 1.165) is 23.0 Å². The molecule has 0 aromatic heterocycles. The minimum atomic E-state index is -0.789. The third-order valence-corrected chi connectivity index (χ3v) is 11.4. The van der Waals surface area contributed by atoms with Gasteiger partial charge in [-0.2, -0.15) is 0 Å². The number of hydrogen-bond donors (Lipinski definition) is 0. The van der Waals surface area contributed by atoms with Crippen molar-refractivity contribution in [2.75, 3.05) is 0 Å². The number of rotatable bonds is 5. The van der Waals surface area contributed by atoms with Gasteiger partial charge in [-0.15, -0.1) is 0 Å². The standard InChI is InChI=1S/C26H34F2Si/c1-2-15-29-16-13-23(14-17-29)21-5-3-19(4-6-21)20-7-9-22(10-8-20)24-11-12-25(27)26(28)18-24/h7-12,18-19,21,23,29H,2-6,13-17H2,1H3. The zero-order valence-electron chi connectivity index (χ0n) is 17.7. The van der Waals surface area contributed by atoms with Crippen molar-refractivity contribution in [1.82, 2.24) is 0 Å². The maximum atomic E-state index is 13.5. The van der Waals surface area contributed by atoms with Crippen molar-refractivity contribution in [3.8, 4) is 11.1 Å². The van der Waals surface area contributed by atoms with E-state index in [2.05, 4.69) is 31.2 Å². The highest BCUT2D eigenvalue weighted by Gasteiger charge is 2.31. The van der Waals surface area contributed by atoms with Gasteiger partial charge in [-0.3, -0.25) is 0 Å². The van der Waals surface area contributed by atoms with Gasteiger partial charge in [0.15, 0.2) is 11.6 Å². The Morgan fingerprint density at radius 2 is 1.38 bits per heavy atom. The predicted molar refractivity (Wildman–Crippen MR) is 121 cm³/mol. The maximum Gasteiger partial charge on any atom is 0.159 e. The summed E-state index contributed by atoms with van der Waals surface area (Å²) in [5.41, 5.74) is 3.10. The van der Waals surface area contributed by atoms with E-state index < -0.39 is 11.6 Å². The van der Waals surface area contributed by atoms with Crippen LogP contribution in [0.25, 0.3) is 11.1 Å². The number of halogens is 2. The first-order chi connectivity index (χ1) is 14.1. The second-order valence-corrected chi connectivity index (χ2v) is 12.9. The third kappa shape index (κ3) is 4.99. The molecule has 0 amide bonds. The molecule has 0 radical (unpaired) electrons. The molecule has 1 saturated carbocycles. The van der Waals surface area contributed by atoms with Gasteiger partial charge in [0.25, 0.3) is 0 Å². The molecule has 1 heterocycles. The second-order valence-electron chi connectivity index (χ2n) is 9.43. The van der Waals surface area contributed by atoms with Crippen LogP contribution in [0.5, 0.6) is 0 Å². The van der Waals surface area contributed by atoms with E-state index in [9.17, 15) is 8.78 Å². The third-order valence-electron chi connectivity index (χ3n) is 7.66.